The second kappa shape index (κ2) is 5.50. The van der Waals surface area contributed by atoms with Crippen LogP contribution in [-0.2, 0) is 4.79 Å². The number of hydrogen-bond acceptors (Lipinski definition) is 3. The lowest BCUT2D eigenvalue weighted by Crippen LogP contribution is -2.52. The van der Waals surface area contributed by atoms with E-state index < -0.39 is 12.1 Å². The number of amides is 1. The van der Waals surface area contributed by atoms with Gasteiger partial charge in [0.05, 0.1) is 6.10 Å². The van der Waals surface area contributed by atoms with Crippen LogP contribution in [0.5, 0.6) is 0 Å². The molecule has 1 heterocycles. The maximum Gasteiger partial charge on any atom is 0.244 e. The van der Waals surface area contributed by atoms with E-state index in [1.165, 1.54) is 0 Å². The number of piperidine rings is 1. The second-order valence-electron chi connectivity index (χ2n) is 4.90. The molecule has 18 heavy (non-hydrogen) atoms. The highest BCUT2D eigenvalue weighted by Crippen LogP contribution is 2.20. The average molecular weight is 248 g/mol. The molecule has 0 aromatic heterocycles. The van der Waals surface area contributed by atoms with Crippen LogP contribution in [0, 0.1) is 13.8 Å². The van der Waals surface area contributed by atoms with Crippen LogP contribution < -0.4 is 10.6 Å². The number of aryl methyl sites for hydroxylation is 2. The van der Waals surface area contributed by atoms with Crippen molar-refractivity contribution in [3.05, 3.63) is 29.3 Å². The first kappa shape index (κ1) is 13.1. The minimum atomic E-state index is -0.594. The van der Waals surface area contributed by atoms with Crippen molar-refractivity contribution in [1.82, 2.24) is 5.32 Å². The van der Waals surface area contributed by atoms with Crippen molar-refractivity contribution in [3.63, 3.8) is 0 Å². The summed E-state index contributed by atoms with van der Waals surface area (Å²) >= 11 is 0. The lowest BCUT2D eigenvalue weighted by atomic mass is 10.00. The van der Waals surface area contributed by atoms with E-state index in [4.69, 9.17) is 0 Å². The van der Waals surface area contributed by atoms with Crippen molar-refractivity contribution in [2.45, 2.75) is 38.8 Å². The standard InChI is InChI=1S/C14H20N2O2/c1-9-5-3-6-10(2)12(9)16-14(18)13-11(17)7-4-8-15-13/h3,5-6,11,13,15,17H,4,7-8H2,1-2H3,(H,16,18)/t11?,13-/m0/s1. The number of hydrogen-bond donors (Lipinski definition) is 3. The van der Waals surface area contributed by atoms with Gasteiger partial charge in [-0.1, -0.05) is 18.2 Å². The third kappa shape index (κ3) is 2.71. The fraction of sp³-hybridized carbons (Fsp3) is 0.500. The van der Waals surface area contributed by atoms with E-state index in [0.29, 0.717) is 6.42 Å². The van der Waals surface area contributed by atoms with Gasteiger partial charge in [0.25, 0.3) is 0 Å². The van der Waals surface area contributed by atoms with E-state index in [9.17, 15) is 9.90 Å². The molecule has 1 fully saturated rings. The maximum absolute atomic E-state index is 12.1. The number of rotatable bonds is 2. The van der Waals surface area contributed by atoms with Crippen LogP contribution in [0.1, 0.15) is 24.0 Å². The fourth-order valence-electron chi connectivity index (χ4n) is 2.35. The molecule has 0 spiro atoms. The summed E-state index contributed by atoms with van der Waals surface area (Å²) in [6, 6.07) is 5.40. The van der Waals surface area contributed by atoms with Crippen LogP contribution in [0.2, 0.25) is 0 Å². The number of benzene rings is 1. The van der Waals surface area contributed by atoms with Gasteiger partial charge in [0.15, 0.2) is 0 Å². The van der Waals surface area contributed by atoms with Gasteiger partial charge < -0.3 is 15.7 Å². The smallest absolute Gasteiger partial charge is 0.244 e. The molecule has 2 atom stereocenters. The number of carbonyl (C=O) groups is 1. The first-order valence-electron chi connectivity index (χ1n) is 6.38. The Balaban J connectivity index is 2.11. The molecule has 98 valence electrons. The molecule has 4 heteroatoms. The maximum atomic E-state index is 12.1. The number of nitrogens with one attached hydrogen (secondary N) is 2. The van der Waals surface area contributed by atoms with Crippen LogP contribution in [-0.4, -0.2) is 29.7 Å². The van der Waals surface area contributed by atoms with Gasteiger partial charge in [-0.15, -0.1) is 0 Å². The van der Waals surface area contributed by atoms with Gasteiger partial charge in [0.1, 0.15) is 6.04 Å². The monoisotopic (exact) mass is 248 g/mol. The highest BCUT2D eigenvalue weighted by atomic mass is 16.3. The van der Waals surface area contributed by atoms with E-state index >= 15 is 0 Å². The molecule has 1 aliphatic rings. The first-order valence-corrected chi connectivity index (χ1v) is 6.38. The predicted octanol–water partition coefficient (Wildman–Crippen LogP) is 1.35. The van der Waals surface area contributed by atoms with Gasteiger partial charge >= 0.3 is 0 Å². The molecular weight excluding hydrogens is 228 g/mol. The Morgan fingerprint density at radius 3 is 2.67 bits per heavy atom. The van der Waals surface area contributed by atoms with E-state index in [1.54, 1.807) is 0 Å². The molecular formula is C14H20N2O2. The molecule has 1 amide bonds. The molecule has 0 saturated carbocycles. The SMILES string of the molecule is Cc1cccc(C)c1NC(=O)[C@H]1NCCCC1O. The summed E-state index contributed by atoms with van der Waals surface area (Å²) in [5, 5.41) is 15.8. The zero-order chi connectivity index (χ0) is 13.1. The Morgan fingerprint density at radius 1 is 1.39 bits per heavy atom. The Bertz CT molecular complexity index is 425. The van der Waals surface area contributed by atoms with Gasteiger partial charge in [-0.05, 0) is 44.4 Å². The van der Waals surface area contributed by atoms with Crippen LogP contribution in [0.3, 0.4) is 0 Å². The Morgan fingerprint density at radius 2 is 2.06 bits per heavy atom. The molecule has 2 rings (SSSR count). The molecule has 0 bridgehead atoms. The highest BCUT2D eigenvalue weighted by molar-refractivity contribution is 5.96. The van der Waals surface area contributed by atoms with Gasteiger partial charge in [0, 0.05) is 5.69 Å². The van der Waals surface area contributed by atoms with E-state index in [-0.39, 0.29) is 5.91 Å². The van der Waals surface area contributed by atoms with E-state index in [1.807, 2.05) is 32.0 Å². The molecule has 0 aliphatic carbocycles. The van der Waals surface area contributed by atoms with Crippen molar-refractivity contribution in [2.75, 3.05) is 11.9 Å². The summed E-state index contributed by atoms with van der Waals surface area (Å²) in [6.45, 7) is 4.71. The van der Waals surface area contributed by atoms with Crippen LogP contribution in [0.15, 0.2) is 18.2 Å². The summed E-state index contributed by atoms with van der Waals surface area (Å²) in [4.78, 5) is 12.1. The Hall–Kier alpha value is -1.39. The lowest BCUT2D eigenvalue weighted by Gasteiger charge is -2.28. The topological polar surface area (TPSA) is 61.4 Å². The van der Waals surface area contributed by atoms with Crippen molar-refractivity contribution in [2.24, 2.45) is 0 Å². The summed E-state index contributed by atoms with van der Waals surface area (Å²) in [5.74, 6) is -0.153. The number of para-hydroxylation sites is 1. The average Bonchev–Trinajstić information content (AvgIpc) is 2.34. The van der Waals surface area contributed by atoms with Gasteiger partial charge in [-0.2, -0.15) is 0 Å². The summed E-state index contributed by atoms with van der Waals surface area (Å²) in [6.07, 6.45) is 0.995. The molecule has 1 aromatic rings. The van der Waals surface area contributed by atoms with Crippen molar-refractivity contribution in [1.29, 1.82) is 0 Å². The van der Waals surface area contributed by atoms with Crippen LogP contribution >= 0.6 is 0 Å². The summed E-state index contributed by atoms with van der Waals surface area (Å²) in [7, 11) is 0. The molecule has 1 aliphatic heterocycles. The molecule has 1 unspecified atom stereocenters. The quantitative estimate of drug-likeness (QED) is 0.740. The normalized spacial score (nSPS) is 23.7. The van der Waals surface area contributed by atoms with Crippen molar-refractivity contribution >= 4 is 11.6 Å². The summed E-state index contributed by atoms with van der Waals surface area (Å²) < 4.78 is 0. The van der Waals surface area contributed by atoms with Crippen LogP contribution in [0.4, 0.5) is 5.69 Å². The molecule has 1 saturated heterocycles. The van der Waals surface area contributed by atoms with Crippen molar-refractivity contribution in [3.8, 4) is 0 Å². The third-order valence-electron chi connectivity index (χ3n) is 3.44. The number of aliphatic hydroxyl groups excluding tert-OH is 1. The van der Waals surface area contributed by atoms with Gasteiger partial charge in [-0.3, -0.25) is 4.79 Å². The van der Waals surface area contributed by atoms with E-state index in [0.717, 1.165) is 29.8 Å². The minimum absolute atomic E-state index is 0.153. The molecule has 3 N–H and O–H groups in total. The number of aliphatic hydroxyl groups is 1. The zero-order valence-corrected chi connectivity index (χ0v) is 10.9. The summed E-state index contributed by atoms with van der Waals surface area (Å²) in [5.41, 5.74) is 2.92. The minimum Gasteiger partial charge on any atom is -0.391 e. The third-order valence-corrected chi connectivity index (χ3v) is 3.44. The molecule has 4 nitrogen and oxygen atoms in total. The van der Waals surface area contributed by atoms with Crippen molar-refractivity contribution < 1.29 is 9.90 Å². The van der Waals surface area contributed by atoms with Gasteiger partial charge in [0.2, 0.25) is 5.91 Å². The molecule has 1 aromatic carbocycles. The fourth-order valence-corrected chi connectivity index (χ4v) is 2.35. The Labute approximate surface area is 107 Å². The molecule has 0 radical (unpaired) electrons. The zero-order valence-electron chi connectivity index (χ0n) is 10.9. The number of carbonyl (C=O) groups excluding carboxylic acids is 1. The van der Waals surface area contributed by atoms with E-state index in [2.05, 4.69) is 10.6 Å². The first-order chi connectivity index (χ1) is 8.59. The predicted molar refractivity (Wildman–Crippen MR) is 71.6 cm³/mol. The Kier molecular flexibility index (Phi) is 3.99. The van der Waals surface area contributed by atoms with Crippen LogP contribution in [0.25, 0.3) is 0 Å². The second-order valence-corrected chi connectivity index (χ2v) is 4.90. The highest BCUT2D eigenvalue weighted by Gasteiger charge is 2.29. The number of anilines is 1. The van der Waals surface area contributed by atoms with Gasteiger partial charge in [-0.25, -0.2) is 0 Å². The lowest BCUT2D eigenvalue weighted by molar-refractivity contribution is -0.121. The largest absolute Gasteiger partial charge is 0.391 e.